The number of carbonyl (C=O) groups excluding carboxylic acids is 1. The van der Waals surface area contributed by atoms with Crippen LogP contribution in [0.2, 0.25) is 0 Å². The predicted octanol–water partition coefficient (Wildman–Crippen LogP) is 0.376. The third-order valence-corrected chi connectivity index (χ3v) is 3.24. The molecule has 0 saturated carbocycles. The highest BCUT2D eigenvalue weighted by Gasteiger charge is 2.28. The third kappa shape index (κ3) is 2.69. The number of rotatable bonds is 1. The summed E-state index contributed by atoms with van der Waals surface area (Å²) in [6, 6.07) is 0.528. The Hall–Kier alpha value is -0.610. The first-order chi connectivity index (χ1) is 7.27. The normalized spacial score (nSPS) is 32.7. The molecule has 0 bridgehead atoms. The molecule has 0 aromatic heterocycles. The molecule has 0 spiro atoms. The molecule has 2 rings (SSSR count). The van der Waals surface area contributed by atoms with Crippen molar-refractivity contribution >= 4 is 5.91 Å². The topological polar surface area (TPSA) is 41.6 Å². The summed E-state index contributed by atoms with van der Waals surface area (Å²) in [6.07, 6.45) is 3.34. The molecule has 1 N–H and O–H groups in total. The Morgan fingerprint density at radius 3 is 2.73 bits per heavy atom. The fourth-order valence-electron chi connectivity index (χ4n) is 2.34. The molecule has 0 aromatic rings. The minimum absolute atomic E-state index is 0.0480. The predicted molar refractivity (Wildman–Crippen MR) is 57.6 cm³/mol. The summed E-state index contributed by atoms with van der Waals surface area (Å²) in [5, 5.41) is 3.38. The van der Waals surface area contributed by atoms with E-state index in [1.54, 1.807) is 0 Å². The van der Waals surface area contributed by atoms with Crippen molar-refractivity contribution in [1.29, 1.82) is 0 Å². The highest BCUT2D eigenvalue weighted by atomic mass is 16.5. The van der Waals surface area contributed by atoms with Gasteiger partial charge in [0.1, 0.15) is 0 Å². The molecule has 2 saturated heterocycles. The van der Waals surface area contributed by atoms with Crippen LogP contribution < -0.4 is 5.32 Å². The molecule has 2 aliphatic rings. The molecule has 15 heavy (non-hydrogen) atoms. The van der Waals surface area contributed by atoms with Gasteiger partial charge in [0, 0.05) is 19.1 Å². The molecule has 86 valence electrons. The zero-order chi connectivity index (χ0) is 10.7. The van der Waals surface area contributed by atoms with Crippen molar-refractivity contribution in [3.8, 4) is 0 Å². The largest absolute Gasteiger partial charge is 0.378 e. The van der Waals surface area contributed by atoms with Crippen LogP contribution in [0.15, 0.2) is 0 Å². The first kappa shape index (κ1) is 10.9. The van der Waals surface area contributed by atoms with E-state index in [1.807, 2.05) is 4.90 Å². The SMILES string of the molecule is C[C@@H]1CCC[C@H](C(=O)N2CCOCC2)N1. The summed E-state index contributed by atoms with van der Waals surface area (Å²) in [7, 11) is 0. The first-order valence-electron chi connectivity index (χ1n) is 5.90. The third-order valence-electron chi connectivity index (χ3n) is 3.24. The average molecular weight is 212 g/mol. The van der Waals surface area contributed by atoms with Gasteiger partial charge in [-0.3, -0.25) is 4.79 Å². The van der Waals surface area contributed by atoms with Crippen molar-refractivity contribution in [3.63, 3.8) is 0 Å². The van der Waals surface area contributed by atoms with E-state index < -0.39 is 0 Å². The van der Waals surface area contributed by atoms with E-state index in [0.29, 0.717) is 19.3 Å². The summed E-state index contributed by atoms with van der Waals surface area (Å²) >= 11 is 0. The van der Waals surface area contributed by atoms with Crippen LogP contribution in [0.5, 0.6) is 0 Å². The number of piperidine rings is 1. The van der Waals surface area contributed by atoms with Gasteiger partial charge in [-0.05, 0) is 26.2 Å². The number of nitrogens with zero attached hydrogens (tertiary/aromatic N) is 1. The number of amides is 1. The summed E-state index contributed by atoms with van der Waals surface area (Å²) in [4.78, 5) is 14.0. The maximum Gasteiger partial charge on any atom is 0.239 e. The molecule has 2 heterocycles. The Labute approximate surface area is 91.0 Å². The lowest BCUT2D eigenvalue weighted by atomic mass is 9.98. The second kappa shape index (κ2) is 4.94. The molecule has 2 aliphatic heterocycles. The van der Waals surface area contributed by atoms with Crippen molar-refractivity contribution in [2.45, 2.75) is 38.3 Å². The Morgan fingerprint density at radius 2 is 2.07 bits per heavy atom. The first-order valence-corrected chi connectivity index (χ1v) is 5.90. The van der Waals surface area contributed by atoms with Gasteiger partial charge in [-0.2, -0.15) is 0 Å². The Morgan fingerprint density at radius 1 is 1.33 bits per heavy atom. The minimum Gasteiger partial charge on any atom is -0.378 e. The van der Waals surface area contributed by atoms with E-state index in [0.717, 1.165) is 25.9 Å². The van der Waals surface area contributed by atoms with Crippen LogP contribution in [0, 0.1) is 0 Å². The monoisotopic (exact) mass is 212 g/mol. The maximum atomic E-state index is 12.1. The van der Waals surface area contributed by atoms with E-state index in [-0.39, 0.29) is 11.9 Å². The van der Waals surface area contributed by atoms with E-state index in [1.165, 1.54) is 6.42 Å². The highest BCUT2D eigenvalue weighted by molar-refractivity contribution is 5.82. The van der Waals surface area contributed by atoms with Crippen LogP contribution >= 0.6 is 0 Å². The Kier molecular flexibility index (Phi) is 3.59. The zero-order valence-corrected chi connectivity index (χ0v) is 9.37. The average Bonchev–Trinajstić information content (AvgIpc) is 2.29. The van der Waals surface area contributed by atoms with E-state index in [4.69, 9.17) is 4.74 Å². The fraction of sp³-hybridized carbons (Fsp3) is 0.909. The van der Waals surface area contributed by atoms with Crippen LogP contribution in [0.3, 0.4) is 0 Å². The number of hydrogen-bond acceptors (Lipinski definition) is 3. The van der Waals surface area contributed by atoms with Crippen molar-refractivity contribution < 1.29 is 9.53 Å². The van der Waals surface area contributed by atoms with Crippen LogP contribution in [-0.2, 0) is 9.53 Å². The molecule has 0 aromatic carbocycles. The van der Waals surface area contributed by atoms with Crippen LogP contribution in [-0.4, -0.2) is 49.2 Å². The summed E-state index contributed by atoms with van der Waals surface area (Å²) < 4.78 is 5.24. The van der Waals surface area contributed by atoms with E-state index in [9.17, 15) is 4.79 Å². The molecule has 0 radical (unpaired) electrons. The maximum absolute atomic E-state index is 12.1. The van der Waals surface area contributed by atoms with Gasteiger partial charge in [-0.15, -0.1) is 0 Å². The van der Waals surface area contributed by atoms with Gasteiger partial charge >= 0.3 is 0 Å². The smallest absolute Gasteiger partial charge is 0.239 e. The molecular weight excluding hydrogens is 192 g/mol. The molecule has 4 nitrogen and oxygen atoms in total. The van der Waals surface area contributed by atoms with Gasteiger partial charge in [-0.1, -0.05) is 0 Å². The minimum atomic E-state index is 0.0480. The molecule has 1 amide bonds. The van der Waals surface area contributed by atoms with Crippen molar-refractivity contribution in [2.75, 3.05) is 26.3 Å². The number of morpholine rings is 1. The van der Waals surface area contributed by atoms with Crippen LogP contribution in [0.4, 0.5) is 0 Å². The highest BCUT2D eigenvalue weighted by Crippen LogP contribution is 2.14. The van der Waals surface area contributed by atoms with Gasteiger partial charge in [-0.25, -0.2) is 0 Å². The van der Waals surface area contributed by atoms with Gasteiger partial charge in [0.05, 0.1) is 19.3 Å². The quantitative estimate of drug-likeness (QED) is 0.683. The Balaban J connectivity index is 1.88. The van der Waals surface area contributed by atoms with Gasteiger partial charge in [0.25, 0.3) is 0 Å². The van der Waals surface area contributed by atoms with Gasteiger partial charge in [0.15, 0.2) is 0 Å². The molecule has 4 heteroatoms. The van der Waals surface area contributed by atoms with Crippen molar-refractivity contribution in [3.05, 3.63) is 0 Å². The number of nitrogens with one attached hydrogen (secondary N) is 1. The molecular formula is C11H20N2O2. The van der Waals surface area contributed by atoms with Gasteiger partial charge in [0.2, 0.25) is 5.91 Å². The van der Waals surface area contributed by atoms with Gasteiger partial charge < -0.3 is 15.0 Å². The van der Waals surface area contributed by atoms with Crippen molar-refractivity contribution in [2.24, 2.45) is 0 Å². The lowest BCUT2D eigenvalue weighted by molar-refractivity contribution is -0.138. The van der Waals surface area contributed by atoms with Crippen LogP contribution in [0.1, 0.15) is 26.2 Å². The molecule has 0 aliphatic carbocycles. The second-order valence-corrected chi connectivity index (χ2v) is 4.49. The molecule has 0 unspecified atom stereocenters. The number of ether oxygens (including phenoxy) is 1. The second-order valence-electron chi connectivity index (χ2n) is 4.49. The lowest BCUT2D eigenvalue weighted by Crippen LogP contribution is -2.53. The Bertz CT molecular complexity index is 227. The molecule has 2 fully saturated rings. The summed E-state index contributed by atoms with van der Waals surface area (Å²) in [5.74, 6) is 0.268. The zero-order valence-electron chi connectivity index (χ0n) is 9.37. The number of hydrogen-bond donors (Lipinski definition) is 1. The van der Waals surface area contributed by atoms with E-state index in [2.05, 4.69) is 12.2 Å². The fourth-order valence-corrected chi connectivity index (χ4v) is 2.34. The molecule has 2 atom stereocenters. The summed E-state index contributed by atoms with van der Waals surface area (Å²) in [6.45, 7) is 5.04. The standard InChI is InChI=1S/C11H20N2O2/c1-9-3-2-4-10(12-9)11(14)13-5-7-15-8-6-13/h9-10,12H,2-8H2,1H3/t9-,10-/m1/s1. The van der Waals surface area contributed by atoms with Crippen molar-refractivity contribution in [1.82, 2.24) is 10.2 Å². The van der Waals surface area contributed by atoms with E-state index >= 15 is 0 Å². The number of carbonyl (C=O) groups is 1. The lowest BCUT2D eigenvalue weighted by Gasteiger charge is -2.34. The summed E-state index contributed by atoms with van der Waals surface area (Å²) in [5.41, 5.74) is 0. The van der Waals surface area contributed by atoms with Crippen LogP contribution in [0.25, 0.3) is 0 Å².